The molecule has 1 aromatic carbocycles. The number of hydrogen-bond donors (Lipinski definition) is 2. The van der Waals surface area contributed by atoms with Gasteiger partial charge in [0.05, 0.1) is 10.6 Å². The summed E-state index contributed by atoms with van der Waals surface area (Å²) in [6.07, 6.45) is 0. The van der Waals surface area contributed by atoms with Crippen molar-refractivity contribution in [3.8, 4) is 0 Å². The average Bonchev–Trinajstić information content (AvgIpc) is 2.70. The zero-order valence-corrected chi connectivity index (χ0v) is 11.0. The highest BCUT2D eigenvalue weighted by Crippen LogP contribution is 2.22. The molecule has 102 valence electrons. The van der Waals surface area contributed by atoms with Crippen LogP contribution in [-0.2, 0) is 10.0 Å². The predicted octanol–water partition coefficient (Wildman–Crippen LogP) is 1.21. The monoisotopic (exact) mass is 286 g/mol. The molecule has 19 heavy (non-hydrogen) atoms. The number of nitrogen functional groups attached to an aromatic ring is 1. The van der Waals surface area contributed by atoms with Crippen molar-refractivity contribution < 1.29 is 17.3 Å². The van der Waals surface area contributed by atoms with Crippen LogP contribution in [0.1, 0.15) is 11.4 Å². The lowest BCUT2D eigenvalue weighted by atomic mass is 10.2. The number of aryl methyl sites for hydroxylation is 2. The summed E-state index contributed by atoms with van der Waals surface area (Å²) in [6.45, 7) is 2.96. The predicted molar refractivity (Wildman–Crippen MR) is 65.4 cm³/mol. The van der Waals surface area contributed by atoms with Gasteiger partial charge in [-0.25, -0.2) is 17.5 Å². The topological polar surface area (TPSA) is 111 Å². The third-order valence-electron chi connectivity index (χ3n) is 2.32. The SMILES string of the molecule is Cc1noc(NS(=O)(=O)c2cc(C)c(F)c(N)c2)n1. The molecule has 3 N–H and O–H groups in total. The first kappa shape index (κ1) is 13.3. The van der Waals surface area contributed by atoms with Crippen molar-refractivity contribution in [2.24, 2.45) is 0 Å². The molecule has 0 saturated heterocycles. The van der Waals surface area contributed by atoms with Gasteiger partial charge >= 0.3 is 6.01 Å². The van der Waals surface area contributed by atoms with E-state index in [-0.39, 0.29) is 28.0 Å². The van der Waals surface area contributed by atoms with Crippen molar-refractivity contribution in [3.63, 3.8) is 0 Å². The third kappa shape index (κ3) is 2.65. The van der Waals surface area contributed by atoms with E-state index in [1.54, 1.807) is 6.92 Å². The van der Waals surface area contributed by atoms with Crippen LogP contribution in [0, 0.1) is 19.7 Å². The summed E-state index contributed by atoms with van der Waals surface area (Å²) < 4.78 is 44.1. The Bertz CT molecular complexity index is 703. The molecule has 0 spiro atoms. The maximum Gasteiger partial charge on any atom is 0.335 e. The smallest absolute Gasteiger partial charge is 0.335 e. The van der Waals surface area contributed by atoms with E-state index in [1.807, 2.05) is 0 Å². The highest BCUT2D eigenvalue weighted by molar-refractivity contribution is 7.92. The first-order valence-electron chi connectivity index (χ1n) is 5.18. The molecule has 0 aliphatic carbocycles. The second kappa shape index (κ2) is 4.50. The van der Waals surface area contributed by atoms with Gasteiger partial charge in [-0.2, -0.15) is 4.98 Å². The van der Waals surface area contributed by atoms with Crippen molar-refractivity contribution in [2.75, 3.05) is 10.5 Å². The molecule has 7 nitrogen and oxygen atoms in total. The van der Waals surface area contributed by atoms with E-state index in [4.69, 9.17) is 5.73 Å². The first-order valence-corrected chi connectivity index (χ1v) is 6.66. The molecular weight excluding hydrogens is 275 g/mol. The van der Waals surface area contributed by atoms with Gasteiger partial charge in [-0.15, -0.1) is 0 Å². The zero-order chi connectivity index (χ0) is 14.2. The molecule has 0 radical (unpaired) electrons. The van der Waals surface area contributed by atoms with E-state index in [9.17, 15) is 12.8 Å². The summed E-state index contributed by atoms with van der Waals surface area (Å²) in [7, 11) is -3.95. The standard InChI is InChI=1S/C10H11FN4O3S/c1-5-3-7(4-8(12)9(5)11)19(16,17)15-10-13-6(2)14-18-10/h3-4H,12H2,1-2H3,(H,13,14,15). The number of rotatable bonds is 3. The van der Waals surface area contributed by atoms with Crippen LogP contribution in [0.3, 0.4) is 0 Å². The molecule has 9 heteroatoms. The van der Waals surface area contributed by atoms with Crippen LogP contribution in [0.4, 0.5) is 16.1 Å². The van der Waals surface area contributed by atoms with Crippen LogP contribution in [0.25, 0.3) is 0 Å². The largest absolute Gasteiger partial charge is 0.396 e. The molecular formula is C10H11FN4O3S. The van der Waals surface area contributed by atoms with Gasteiger partial charge in [-0.1, -0.05) is 5.16 Å². The van der Waals surface area contributed by atoms with Crippen LogP contribution >= 0.6 is 0 Å². The molecule has 0 saturated carbocycles. The minimum atomic E-state index is -3.95. The van der Waals surface area contributed by atoms with Crippen LogP contribution in [-0.4, -0.2) is 18.6 Å². The Morgan fingerprint density at radius 1 is 1.37 bits per heavy atom. The van der Waals surface area contributed by atoms with Gasteiger partial charge in [0.15, 0.2) is 5.82 Å². The summed E-state index contributed by atoms with van der Waals surface area (Å²) in [5, 5.41) is 3.45. The second-order valence-corrected chi connectivity index (χ2v) is 5.58. The fourth-order valence-corrected chi connectivity index (χ4v) is 2.47. The van der Waals surface area contributed by atoms with Crippen LogP contribution in [0.5, 0.6) is 0 Å². The van der Waals surface area contributed by atoms with Gasteiger partial charge in [0.2, 0.25) is 0 Å². The Hall–Kier alpha value is -2.16. The lowest BCUT2D eigenvalue weighted by molar-refractivity contribution is 0.429. The number of benzene rings is 1. The van der Waals surface area contributed by atoms with Crippen molar-refractivity contribution in [2.45, 2.75) is 18.7 Å². The molecule has 0 atom stereocenters. The molecule has 0 aliphatic rings. The van der Waals surface area contributed by atoms with Crippen LogP contribution in [0.15, 0.2) is 21.6 Å². The van der Waals surface area contributed by atoms with Gasteiger partial charge in [-0.05, 0) is 31.5 Å². The maximum absolute atomic E-state index is 13.3. The van der Waals surface area contributed by atoms with Crippen molar-refractivity contribution in [3.05, 3.63) is 29.3 Å². The average molecular weight is 286 g/mol. The number of nitrogens with two attached hydrogens (primary N) is 1. The Morgan fingerprint density at radius 2 is 2.05 bits per heavy atom. The van der Waals surface area contributed by atoms with E-state index in [0.29, 0.717) is 0 Å². The number of nitrogens with one attached hydrogen (secondary N) is 1. The zero-order valence-electron chi connectivity index (χ0n) is 10.1. The van der Waals surface area contributed by atoms with E-state index in [2.05, 4.69) is 19.4 Å². The molecule has 0 amide bonds. The molecule has 1 heterocycles. The number of aromatic nitrogens is 2. The van der Waals surface area contributed by atoms with Gasteiger partial charge in [0.1, 0.15) is 5.82 Å². The summed E-state index contributed by atoms with van der Waals surface area (Å²) in [5.74, 6) is -0.361. The van der Waals surface area contributed by atoms with E-state index >= 15 is 0 Å². The Balaban J connectivity index is 2.40. The fourth-order valence-electron chi connectivity index (χ4n) is 1.43. The lowest BCUT2D eigenvalue weighted by Crippen LogP contribution is -2.14. The van der Waals surface area contributed by atoms with Crippen LogP contribution in [0.2, 0.25) is 0 Å². The Kier molecular flexibility index (Phi) is 3.14. The lowest BCUT2D eigenvalue weighted by Gasteiger charge is -2.07. The first-order chi connectivity index (χ1) is 8.79. The van der Waals surface area contributed by atoms with Crippen molar-refractivity contribution >= 4 is 21.7 Å². The number of hydrogen-bond acceptors (Lipinski definition) is 6. The highest BCUT2D eigenvalue weighted by Gasteiger charge is 2.20. The Morgan fingerprint density at radius 3 is 2.58 bits per heavy atom. The van der Waals surface area contributed by atoms with Gasteiger partial charge in [0, 0.05) is 0 Å². The molecule has 0 bridgehead atoms. The molecule has 0 fully saturated rings. The minimum absolute atomic E-state index is 0.127. The number of sulfonamides is 1. The fraction of sp³-hybridized carbons (Fsp3) is 0.200. The molecule has 0 unspecified atom stereocenters. The van der Waals surface area contributed by atoms with E-state index in [1.165, 1.54) is 6.92 Å². The van der Waals surface area contributed by atoms with E-state index in [0.717, 1.165) is 12.1 Å². The normalized spacial score (nSPS) is 11.5. The maximum atomic E-state index is 13.3. The van der Waals surface area contributed by atoms with Crippen molar-refractivity contribution in [1.82, 2.24) is 10.1 Å². The Labute approximate surface area is 108 Å². The third-order valence-corrected chi connectivity index (χ3v) is 3.62. The van der Waals surface area contributed by atoms with Crippen molar-refractivity contribution in [1.29, 1.82) is 0 Å². The highest BCUT2D eigenvalue weighted by atomic mass is 32.2. The summed E-state index contributed by atoms with van der Waals surface area (Å²) in [4.78, 5) is 3.53. The summed E-state index contributed by atoms with van der Waals surface area (Å²) in [6, 6.07) is 1.92. The van der Waals surface area contributed by atoms with Gasteiger partial charge in [0.25, 0.3) is 10.0 Å². The number of halogens is 1. The molecule has 1 aromatic heterocycles. The van der Waals surface area contributed by atoms with Gasteiger partial charge < -0.3 is 10.3 Å². The molecule has 0 aliphatic heterocycles. The quantitative estimate of drug-likeness (QED) is 0.820. The summed E-state index contributed by atoms with van der Waals surface area (Å²) >= 11 is 0. The molecule has 2 rings (SSSR count). The number of nitrogens with zero attached hydrogens (tertiary/aromatic N) is 2. The summed E-state index contributed by atoms with van der Waals surface area (Å²) in [5.41, 5.74) is 5.28. The minimum Gasteiger partial charge on any atom is -0.396 e. The molecule has 2 aromatic rings. The number of anilines is 2. The van der Waals surface area contributed by atoms with Crippen LogP contribution < -0.4 is 10.5 Å². The van der Waals surface area contributed by atoms with E-state index < -0.39 is 15.8 Å². The second-order valence-electron chi connectivity index (χ2n) is 3.90. The van der Waals surface area contributed by atoms with Gasteiger partial charge in [-0.3, -0.25) is 0 Å².